The molecule has 1 aromatic rings. The Kier molecular flexibility index (Phi) is 5.26. The molecule has 2 nitrogen and oxygen atoms in total. The van der Waals surface area contributed by atoms with Crippen molar-refractivity contribution in [1.82, 2.24) is 4.90 Å². The second-order valence-electron chi connectivity index (χ2n) is 4.73. The van der Waals surface area contributed by atoms with Gasteiger partial charge in [-0.15, -0.1) is 23.7 Å². The predicted molar refractivity (Wildman–Crippen MR) is 76.3 cm³/mol. The highest BCUT2D eigenvalue weighted by molar-refractivity contribution is 9.11. The number of hydrogen-bond donors (Lipinski definition) is 1. The van der Waals surface area contributed by atoms with Gasteiger partial charge in [0.25, 0.3) is 0 Å². The van der Waals surface area contributed by atoms with Crippen molar-refractivity contribution in [1.29, 1.82) is 0 Å². The lowest BCUT2D eigenvalue weighted by Crippen LogP contribution is -2.31. The maximum absolute atomic E-state index is 5.80. The van der Waals surface area contributed by atoms with Gasteiger partial charge in [-0.3, -0.25) is 4.90 Å². The molecule has 1 aliphatic heterocycles. The number of nitrogens with zero attached hydrogens (tertiary/aromatic N) is 1. The number of hydrogen-bond acceptors (Lipinski definition) is 3. The maximum atomic E-state index is 5.80. The third-order valence-electron chi connectivity index (χ3n) is 3.16. The molecule has 0 spiro atoms. The molecule has 0 aromatic carbocycles. The van der Waals surface area contributed by atoms with Crippen molar-refractivity contribution in [2.75, 3.05) is 19.6 Å². The highest BCUT2D eigenvalue weighted by Gasteiger charge is 2.32. The molecule has 5 heteroatoms. The lowest BCUT2D eigenvalue weighted by molar-refractivity contribution is 0.275. The fourth-order valence-corrected chi connectivity index (χ4v) is 3.31. The zero-order chi connectivity index (χ0) is 10.9. The molecule has 0 saturated carbocycles. The van der Waals surface area contributed by atoms with Gasteiger partial charge < -0.3 is 5.73 Å². The third kappa shape index (κ3) is 3.44. The molecule has 16 heavy (non-hydrogen) atoms. The minimum Gasteiger partial charge on any atom is -0.330 e. The Morgan fingerprint density at radius 2 is 2.38 bits per heavy atom. The van der Waals surface area contributed by atoms with Crippen LogP contribution < -0.4 is 5.73 Å². The lowest BCUT2D eigenvalue weighted by Gasteiger charge is -2.22. The summed E-state index contributed by atoms with van der Waals surface area (Å²) in [7, 11) is 0. The van der Waals surface area contributed by atoms with Gasteiger partial charge >= 0.3 is 0 Å². The van der Waals surface area contributed by atoms with Crippen molar-refractivity contribution in [2.45, 2.75) is 19.9 Å². The highest BCUT2D eigenvalue weighted by atomic mass is 79.9. The van der Waals surface area contributed by atoms with Crippen LogP contribution in [0, 0.1) is 5.41 Å². The summed E-state index contributed by atoms with van der Waals surface area (Å²) in [6.45, 7) is 6.48. The Morgan fingerprint density at radius 1 is 1.62 bits per heavy atom. The average molecular weight is 326 g/mol. The van der Waals surface area contributed by atoms with Crippen LogP contribution in [0.15, 0.2) is 15.2 Å². The van der Waals surface area contributed by atoms with Gasteiger partial charge in [-0.2, -0.15) is 0 Å². The van der Waals surface area contributed by atoms with Crippen LogP contribution >= 0.6 is 39.7 Å². The summed E-state index contributed by atoms with van der Waals surface area (Å²) in [6, 6.07) is 2.21. The second-order valence-corrected chi connectivity index (χ2v) is 7.02. The van der Waals surface area contributed by atoms with Crippen molar-refractivity contribution in [2.24, 2.45) is 11.1 Å². The van der Waals surface area contributed by atoms with Crippen LogP contribution in [0.2, 0.25) is 0 Å². The SMILES string of the molecule is CC1(CN)CCN(Cc2csc(Br)c2)C1.Cl. The smallest absolute Gasteiger partial charge is 0.0701 e. The van der Waals surface area contributed by atoms with E-state index in [9.17, 15) is 0 Å². The van der Waals surface area contributed by atoms with Crippen molar-refractivity contribution in [3.8, 4) is 0 Å². The van der Waals surface area contributed by atoms with Gasteiger partial charge in [-0.05, 0) is 57.9 Å². The van der Waals surface area contributed by atoms with Gasteiger partial charge in [0.1, 0.15) is 0 Å². The summed E-state index contributed by atoms with van der Waals surface area (Å²) >= 11 is 5.26. The number of nitrogens with two attached hydrogens (primary N) is 1. The summed E-state index contributed by atoms with van der Waals surface area (Å²) in [5, 5.41) is 2.22. The molecule has 2 rings (SSSR count). The molecule has 1 saturated heterocycles. The minimum absolute atomic E-state index is 0. The topological polar surface area (TPSA) is 29.3 Å². The Labute approximate surface area is 116 Å². The average Bonchev–Trinajstić information content (AvgIpc) is 2.76. The van der Waals surface area contributed by atoms with E-state index in [1.54, 1.807) is 11.3 Å². The molecule has 1 aliphatic rings. The summed E-state index contributed by atoms with van der Waals surface area (Å²) in [5.41, 5.74) is 7.55. The van der Waals surface area contributed by atoms with Crippen LogP contribution in [-0.2, 0) is 6.54 Å². The van der Waals surface area contributed by atoms with E-state index in [2.05, 4.69) is 39.2 Å². The van der Waals surface area contributed by atoms with E-state index in [4.69, 9.17) is 5.73 Å². The molecule has 2 heterocycles. The van der Waals surface area contributed by atoms with Crippen molar-refractivity contribution >= 4 is 39.7 Å². The standard InChI is InChI=1S/C11H17BrN2S.ClH/c1-11(7-13)2-3-14(8-11)5-9-4-10(12)15-6-9;/h4,6H,2-3,5,7-8,13H2,1H3;1H. The van der Waals surface area contributed by atoms with Crippen molar-refractivity contribution in [3.63, 3.8) is 0 Å². The van der Waals surface area contributed by atoms with E-state index < -0.39 is 0 Å². The Morgan fingerprint density at radius 3 is 2.88 bits per heavy atom. The van der Waals surface area contributed by atoms with Gasteiger partial charge in [0.2, 0.25) is 0 Å². The Bertz CT molecular complexity index is 344. The third-order valence-corrected chi connectivity index (χ3v) is 4.71. The molecule has 92 valence electrons. The molecule has 1 aromatic heterocycles. The normalized spacial score (nSPS) is 25.7. The second kappa shape index (κ2) is 5.83. The maximum Gasteiger partial charge on any atom is 0.0701 e. The zero-order valence-corrected chi connectivity index (χ0v) is 12.6. The van der Waals surface area contributed by atoms with Crippen molar-refractivity contribution in [3.05, 3.63) is 20.8 Å². The predicted octanol–water partition coefficient (Wildman–Crippen LogP) is 3.10. The van der Waals surface area contributed by atoms with Crippen LogP contribution in [0.4, 0.5) is 0 Å². The van der Waals surface area contributed by atoms with Gasteiger partial charge in [0, 0.05) is 13.1 Å². The summed E-state index contributed by atoms with van der Waals surface area (Å²) in [4.78, 5) is 2.50. The Hall–Kier alpha value is 0.390. The van der Waals surface area contributed by atoms with Gasteiger partial charge in [0.05, 0.1) is 3.79 Å². The minimum atomic E-state index is 0. The molecular formula is C11H18BrClN2S. The molecule has 0 aliphatic carbocycles. The van der Waals surface area contributed by atoms with E-state index in [0.29, 0.717) is 5.41 Å². The van der Waals surface area contributed by atoms with Gasteiger partial charge in [-0.25, -0.2) is 0 Å². The molecular weight excluding hydrogens is 308 g/mol. The fourth-order valence-electron chi connectivity index (χ4n) is 2.11. The van der Waals surface area contributed by atoms with Gasteiger partial charge in [-0.1, -0.05) is 6.92 Å². The van der Waals surface area contributed by atoms with E-state index in [0.717, 1.165) is 19.6 Å². The zero-order valence-electron chi connectivity index (χ0n) is 9.41. The summed E-state index contributed by atoms with van der Waals surface area (Å²) in [5.74, 6) is 0. The van der Waals surface area contributed by atoms with Crippen LogP contribution in [0.5, 0.6) is 0 Å². The molecule has 1 fully saturated rings. The largest absolute Gasteiger partial charge is 0.330 e. The van der Waals surface area contributed by atoms with E-state index in [1.807, 2.05) is 0 Å². The van der Waals surface area contributed by atoms with Crippen LogP contribution in [0.1, 0.15) is 18.9 Å². The molecule has 1 atom stereocenters. The molecule has 2 N–H and O–H groups in total. The monoisotopic (exact) mass is 324 g/mol. The molecule has 0 radical (unpaired) electrons. The quantitative estimate of drug-likeness (QED) is 0.925. The first-order valence-electron chi connectivity index (χ1n) is 5.27. The highest BCUT2D eigenvalue weighted by Crippen LogP contribution is 2.30. The number of rotatable bonds is 3. The Balaban J connectivity index is 0.00000128. The molecule has 1 unspecified atom stereocenters. The summed E-state index contributed by atoms with van der Waals surface area (Å²) < 4.78 is 1.22. The van der Waals surface area contributed by atoms with Crippen molar-refractivity contribution < 1.29 is 0 Å². The first-order chi connectivity index (χ1) is 7.11. The van der Waals surface area contributed by atoms with Crippen LogP contribution in [0.25, 0.3) is 0 Å². The first-order valence-corrected chi connectivity index (χ1v) is 6.94. The van der Waals surface area contributed by atoms with E-state index >= 15 is 0 Å². The fraction of sp³-hybridized carbons (Fsp3) is 0.636. The van der Waals surface area contributed by atoms with Crippen LogP contribution in [-0.4, -0.2) is 24.5 Å². The van der Waals surface area contributed by atoms with E-state index in [1.165, 1.54) is 22.3 Å². The van der Waals surface area contributed by atoms with Gasteiger partial charge in [0.15, 0.2) is 0 Å². The number of thiophene rings is 1. The number of likely N-dealkylation sites (tertiary alicyclic amines) is 1. The van der Waals surface area contributed by atoms with E-state index in [-0.39, 0.29) is 12.4 Å². The van der Waals surface area contributed by atoms with Crippen LogP contribution in [0.3, 0.4) is 0 Å². The summed E-state index contributed by atoms with van der Waals surface area (Å²) in [6.07, 6.45) is 1.23. The number of halogens is 2. The lowest BCUT2D eigenvalue weighted by atomic mass is 9.90. The molecule has 0 amide bonds. The molecule has 0 bridgehead atoms. The first kappa shape index (κ1) is 14.5.